The fourth-order valence-corrected chi connectivity index (χ4v) is 3.95. The average molecular weight is 491 g/mol. The topological polar surface area (TPSA) is 88.5 Å². The number of aliphatic carboxylic acids is 1. The van der Waals surface area contributed by atoms with Crippen molar-refractivity contribution in [3.8, 4) is 28.1 Å². The number of carboxylic acid groups (broad SMARTS) is 1. The van der Waals surface area contributed by atoms with Crippen LogP contribution in [0.4, 0.5) is 15.2 Å². The first kappa shape index (κ1) is 24.1. The van der Waals surface area contributed by atoms with Crippen LogP contribution in [0.15, 0.2) is 72.1 Å². The third kappa shape index (κ3) is 6.30. The Hall–Kier alpha value is -4.04. The van der Waals surface area contributed by atoms with E-state index < -0.39 is 5.97 Å². The minimum atomic E-state index is -0.630. The summed E-state index contributed by atoms with van der Waals surface area (Å²) in [7, 11) is 1.62. The molecule has 0 spiro atoms. The van der Waals surface area contributed by atoms with Gasteiger partial charge in [0.15, 0.2) is 5.13 Å². The van der Waals surface area contributed by atoms with Crippen LogP contribution in [0.25, 0.3) is 22.4 Å². The number of rotatable bonds is 7. The van der Waals surface area contributed by atoms with Crippen molar-refractivity contribution in [1.29, 1.82) is 0 Å². The van der Waals surface area contributed by atoms with Gasteiger partial charge in [0, 0.05) is 16.5 Å². The minimum Gasteiger partial charge on any atom is -0.497 e. The summed E-state index contributed by atoms with van der Waals surface area (Å²) in [5.41, 5.74) is 4.30. The molecule has 3 aromatic carbocycles. The maximum Gasteiger partial charge on any atom is 0.306 e. The molecule has 1 heterocycles. The molecule has 35 heavy (non-hydrogen) atoms. The van der Waals surface area contributed by atoms with E-state index in [2.05, 4.69) is 10.3 Å². The molecule has 0 radical (unpaired) electrons. The fraction of sp³-hybridized carbons (Fsp3) is 0.148. The number of aromatic nitrogens is 1. The van der Waals surface area contributed by atoms with Crippen molar-refractivity contribution in [1.82, 2.24) is 4.98 Å². The van der Waals surface area contributed by atoms with E-state index in [1.807, 2.05) is 35.7 Å². The standard InChI is InChI=1S/C23H17FN2O2S.C4H6O2/c1-28-19-9-6-17(7-10-19)22-14-29-23(26-22)25-21-11-8-18(12-20(21)24)16-4-2-15(13-27)3-5-16;5-4(6)3-1-2-3/h2-14H,1H3,(H,25,26);3H,1-2H2,(H,5,6). The van der Waals surface area contributed by atoms with Gasteiger partial charge in [-0.2, -0.15) is 0 Å². The molecule has 0 amide bonds. The Morgan fingerprint density at radius 1 is 1.06 bits per heavy atom. The lowest BCUT2D eigenvalue weighted by Gasteiger charge is -2.07. The van der Waals surface area contributed by atoms with E-state index in [1.54, 1.807) is 37.4 Å². The summed E-state index contributed by atoms with van der Waals surface area (Å²) >= 11 is 1.41. The van der Waals surface area contributed by atoms with Crippen molar-refractivity contribution in [3.63, 3.8) is 0 Å². The van der Waals surface area contributed by atoms with Crippen LogP contribution in [0.1, 0.15) is 23.2 Å². The van der Waals surface area contributed by atoms with Crippen molar-refractivity contribution in [2.75, 3.05) is 12.4 Å². The average Bonchev–Trinajstić information content (AvgIpc) is 3.65. The first-order chi connectivity index (χ1) is 17.0. The van der Waals surface area contributed by atoms with Gasteiger partial charge in [0.2, 0.25) is 0 Å². The van der Waals surface area contributed by atoms with Crippen LogP contribution >= 0.6 is 11.3 Å². The summed E-state index contributed by atoms with van der Waals surface area (Å²) in [6.45, 7) is 0. The summed E-state index contributed by atoms with van der Waals surface area (Å²) in [4.78, 5) is 25.1. The highest BCUT2D eigenvalue weighted by Crippen LogP contribution is 2.31. The normalized spacial score (nSPS) is 12.3. The van der Waals surface area contributed by atoms with Crippen LogP contribution in [-0.2, 0) is 4.79 Å². The van der Waals surface area contributed by atoms with E-state index in [9.17, 15) is 14.0 Å². The number of nitrogens with one attached hydrogen (secondary N) is 1. The molecule has 1 aliphatic carbocycles. The van der Waals surface area contributed by atoms with Crippen LogP contribution in [-0.4, -0.2) is 29.5 Å². The molecule has 4 aromatic rings. The molecule has 0 unspecified atom stereocenters. The van der Waals surface area contributed by atoms with Crippen molar-refractivity contribution in [3.05, 3.63) is 83.5 Å². The summed E-state index contributed by atoms with van der Waals surface area (Å²) in [6.07, 6.45) is 2.58. The summed E-state index contributed by atoms with van der Waals surface area (Å²) < 4.78 is 19.8. The number of methoxy groups -OCH3 is 1. The van der Waals surface area contributed by atoms with Crippen LogP contribution in [0, 0.1) is 11.7 Å². The summed E-state index contributed by atoms with van der Waals surface area (Å²) in [5, 5.41) is 13.6. The largest absolute Gasteiger partial charge is 0.497 e. The Balaban J connectivity index is 0.000000421. The molecule has 6 nitrogen and oxygen atoms in total. The third-order valence-electron chi connectivity index (χ3n) is 5.41. The van der Waals surface area contributed by atoms with Gasteiger partial charge in [-0.15, -0.1) is 11.3 Å². The van der Waals surface area contributed by atoms with Crippen LogP contribution in [0.5, 0.6) is 5.75 Å². The van der Waals surface area contributed by atoms with Crippen molar-refractivity contribution >= 4 is 34.4 Å². The van der Waals surface area contributed by atoms with Crippen LogP contribution < -0.4 is 10.1 Å². The molecule has 0 aliphatic heterocycles. The smallest absolute Gasteiger partial charge is 0.306 e. The van der Waals surface area contributed by atoms with Gasteiger partial charge in [-0.1, -0.05) is 30.3 Å². The number of carbonyl (C=O) groups excluding carboxylic acids is 1. The van der Waals surface area contributed by atoms with Crippen molar-refractivity contribution in [2.24, 2.45) is 5.92 Å². The third-order valence-corrected chi connectivity index (χ3v) is 6.17. The zero-order valence-electron chi connectivity index (χ0n) is 18.9. The molecule has 1 aliphatic rings. The number of ether oxygens (including phenoxy) is 1. The van der Waals surface area contributed by atoms with E-state index in [1.165, 1.54) is 17.4 Å². The number of benzene rings is 3. The highest BCUT2D eigenvalue weighted by Gasteiger charge is 2.28. The van der Waals surface area contributed by atoms with Gasteiger partial charge < -0.3 is 15.2 Å². The molecule has 2 N–H and O–H groups in total. The van der Waals surface area contributed by atoms with Gasteiger partial charge in [-0.05, 0) is 60.4 Å². The van der Waals surface area contributed by atoms with Gasteiger partial charge in [0.25, 0.3) is 0 Å². The second kappa shape index (κ2) is 10.9. The van der Waals surface area contributed by atoms with Crippen molar-refractivity contribution < 1.29 is 23.8 Å². The number of anilines is 2. The first-order valence-electron chi connectivity index (χ1n) is 10.9. The maximum atomic E-state index is 14.6. The predicted octanol–water partition coefficient (Wildman–Crippen LogP) is 6.66. The zero-order chi connectivity index (χ0) is 24.8. The Bertz CT molecular complexity index is 1320. The molecule has 1 aromatic heterocycles. The Morgan fingerprint density at radius 3 is 2.26 bits per heavy atom. The van der Waals surface area contributed by atoms with Crippen molar-refractivity contribution in [2.45, 2.75) is 12.8 Å². The van der Waals surface area contributed by atoms with Gasteiger partial charge in [0.1, 0.15) is 17.9 Å². The number of nitrogens with zero attached hydrogens (tertiary/aromatic N) is 1. The number of carboxylic acids is 1. The molecule has 0 atom stereocenters. The fourth-order valence-electron chi connectivity index (χ4n) is 3.22. The molecule has 1 fully saturated rings. The Labute approximate surface area is 206 Å². The first-order valence-corrected chi connectivity index (χ1v) is 11.8. The molecular weight excluding hydrogens is 467 g/mol. The van der Waals surface area contributed by atoms with Gasteiger partial charge in [-0.3, -0.25) is 9.59 Å². The number of carbonyl (C=O) groups is 2. The lowest BCUT2D eigenvalue weighted by atomic mass is 10.0. The van der Waals surface area contributed by atoms with E-state index >= 15 is 0 Å². The number of hydrogen-bond donors (Lipinski definition) is 2. The monoisotopic (exact) mass is 490 g/mol. The molecule has 1 saturated carbocycles. The van der Waals surface area contributed by atoms with Gasteiger partial charge in [-0.25, -0.2) is 9.37 Å². The van der Waals surface area contributed by atoms with Gasteiger partial charge in [0.05, 0.1) is 24.4 Å². The molecule has 0 saturated heterocycles. The molecule has 8 heteroatoms. The highest BCUT2D eigenvalue weighted by molar-refractivity contribution is 7.14. The Kier molecular flexibility index (Phi) is 7.52. The number of hydrogen-bond acceptors (Lipinski definition) is 6. The number of thiazole rings is 1. The Morgan fingerprint density at radius 2 is 1.71 bits per heavy atom. The zero-order valence-corrected chi connectivity index (χ0v) is 19.7. The van der Waals surface area contributed by atoms with Gasteiger partial charge >= 0.3 is 5.97 Å². The highest BCUT2D eigenvalue weighted by atomic mass is 32.1. The van der Waals surface area contributed by atoms with E-state index in [0.29, 0.717) is 16.4 Å². The van der Waals surface area contributed by atoms with E-state index in [-0.39, 0.29) is 11.7 Å². The minimum absolute atomic E-state index is 0.0185. The molecule has 0 bridgehead atoms. The number of aldehydes is 1. The predicted molar refractivity (Wildman–Crippen MR) is 135 cm³/mol. The lowest BCUT2D eigenvalue weighted by molar-refractivity contribution is -0.138. The second-order valence-corrected chi connectivity index (χ2v) is 8.80. The van der Waals surface area contributed by atoms with E-state index in [4.69, 9.17) is 9.84 Å². The summed E-state index contributed by atoms with van der Waals surface area (Å²) in [6, 6.07) is 19.6. The SMILES string of the molecule is COc1ccc(-c2csc(Nc3ccc(-c4ccc(C=O)cc4)cc3F)n2)cc1.O=C(O)C1CC1. The summed E-state index contributed by atoms with van der Waals surface area (Å²) in [5.74, 6) is -0.201. The molecule has 5 rings (SSSR count). The second-order valence-electron chi connectivity index (χ2n) is 7.94. The molecular formula is C27H23FN2O4S. The molecule has 178 valence electrons. The van der Waals surface area contributed by atoms with E-state index in [0.717, 1.165) is 47.3 Å². The van der Waals surface area contributed by atoms with Crippen LogP contribution in [0.2, 0.25) is 0 Å². The van der Waals surface area contributed by atoms with Crippen LogP contribution in [0.3, 0.4) is 0 Å². The maximum absolute atomic E-state index is 14.6. The lowest BCUT2D eigenvalue weighted by Crippen LogP contribution is -1.94. The number of halogens is 1. The quantitative estimate of drug-likeness (QED) is 0.282.